The molecule has 0 aliphatic rings. The van der Waals surface area contributed by atoms with Gasteiger partial charge in [-0.05, 0) is 86.8 Å². The molecule has 2 aromatic rings. The standard InChI is InChI=1S/C12H12I3N5O/c1-6(16)10-4-20(19-18-10)5-11(21)17-12-8(14)2-7(13)3-9(12)15/h2-4,6H,5,16H2,1H3,(H,17,21). The molecule has 0 spiro atoms. The molecule has 0 radical (unpaired) electrons. The normalized spacial score (nSPS) is 12.2. The molecule has 0 bridgehead atoms. The second kappa shape index (κ2) is 7.50. The van der Waals surface area contributed by atoms with Gasteiger partial charge in [0.05, 0.1) is 17.6 Å². The number of carbonyl (C=O) groups excluding carboxylic acids is 1. The van der Waals surface area contributed by atoms with Gasteiger partial charge in [0.1, 0.15) is 6.54 Å². The molecule has 3 N–H and O–H groups in total. The van der Waals surface area contributed by atoms with Gasteiger partial charge in [-0.2, -0.15) is 0 Å². The van der Waals surface area contributed by atoms with Crippen LogP contribution in [-0.2, 0) is 11.3 Å². The van der Waals surface area contributed by atoms with Crippen molar-refractivity contribution in [2.75, 3.05) is 5.32 Å². The van der Waals surface area contributed by atoms with Crippen LogP contribution in [0.1, 0.15) is 18.7 Å². The highest BCUT2D eigenvalue weighted by atomic mass is 127. The largest absolute Gasteiger partial charge is 0.323 e. The Morgan fingerprint density at radius 2 is 2.00 bits per heavy atom. The second-order valence-electron chi connectivity index (χ2n) is 4.42. The Labute approximate surface area is 163 Å². The predicted octanol–water partition coefficient (Wildman–Crippen LogP) is 2.75. The highest BCUT2D eigenvalue weighted by Crippen LogP contribution is 2.27. The molecule has 9 heteroatoms. The van der Waals surface area contributed by atoms with Crippen molar-refractivity contribution in [1.29, 1.82) is 0 Å². The minimum absolute atomic E-state index is 0.109. The Bertz CT molecular complexity index is 648. The van der Waals surface area contributed by atoms with Crippen LogP contribution in [0.5, 0.6) is 0 Å². The minimum atomic E-state index is -0.195. The van der Waals surface area contributed by atoms with E-state index in [0.29, 0.717) is 5.69 Å². The molecular formula is C12H12I3N5O. The van der Waals surface area contributed by atoms with E-state index in [0.717, 1.165) is 16.4 Å². The number of hydrogen-bond donors (Lipinski definition) is 2. The molecule has 0 aliphatic heterocycles. The van der Waals surface area contributed by atoms with Crippen LogP contribution in [0.3, 0.4) is 0 Å². The van der Waals surface area contributed by atoms with E-state index in [9.17, 15) is 4.79 Å². The first-order valence-electron chi connectivity index (χ1n) is 5.97. The fourth-order valence-corrected chi connectivity index (χ4v) is 5.44. The van der Waals surface area contributed by atoms with E-state index in [1.54, 1.807) is 6.20 Å². The van der Waals surface area contributed by atoms with E-state index < -0.39 is 0 Å². The number of rotatable bonds is 4. The van der Waals surface area contributed by atoms with Gasteiger partial charge in [0.2, 0.25) is 5.91 Å². The number of amides is 1. The van der Waals surface area contributed by atoms with Gasteiger partial charge in [-0.15, -0.1) is 5.10 Å². The smallest absolute Gasteiger partial charge is 0.246 e. The first kappa shape index (κ1) is 17.3. The number of benzene rings is 1. The number of nitrogens with two attached hydrogens (primary N) is 1. The van der Waals surface area contributed by atoms with Gasteiger partial charge < -0.3 is 11.1 Å². The van der Waals surface area contributed by atoms with Gasteiger partial charge in [0.25, 0.3) is 0 Å². The molecule has 6 nitrogen and oxygen atoms in total. The minimum Gasteiger partial charge on any atom is -0.323 e. The van der Waals surface area contributed by atoms with E-state index >= 15 is 0 Å². The van der Waals surface area contributed by atoms with Gasteiger partial charge in [0, 0.05) is 16.8 Å². The molecule has 1 amide bonds. The first-order valence-corrected chi connectivity index (χ1v) is 9.20. The lowest BCUT2D eigenvalue weighted by Gasteiger charge is -2.10. The highest BCUT2D eigenvalue weighted by Gasteiger charge is 2.12. The Kier molecular flexibility index (Phi) is 6.19. The second-order valence-corrected chi connectivity index (χ2v) is 7.99. The van der Waals surface area contributed by atoms with Crippen molar-refractivity contribution in [3.05, 3.63) is 34.7 Å². The maximum absolute atomic E-state index is 12.1. The van der Waals surface area contributed by atoms with Gasteiger partial charge in [0.15, 0.2) is 0 Å². The molecule has 0 saturated carbocycles. The fraction of sp³-hybridized carbons (Fsp3) is 0.250. The van der Waals surface area contributed by atoms with Crippen LogP contribution in [0.15, 0.2) is 18.3 Å². The number of nitrogens with one attached hydrogen (secondary N) is 1. The van der Waals surface area contributed by atoms with Crippen molar-refractivity contribution in [2.45, 2.75) is 19.5 Å². The molecule has 1 aromatic heterocycles. The molecule has 0 aliphatic carbocycles. The number of carbonyl (C=O) groups is 1. The van der Waals surface area contributed by atoms with Crippen molar-refractivity contribution in [1.82, 2.24) is 15.0 Å². The SMILES string of the molecule is CC(N)c1cn(CC(=O)Nc2c(I)cc(I)cc2I)nn1. The van der Waals surface area contributed by atoms with Crippen molar-refractivity contribution in [3.63, 3.8) is 0 Å². The summed E-state index contributed by atoms with van der Waals surface area (Å²) in [6.45, 7) is 1.93. The van der Waals surface area contributed by atoms with Crippen molar-refractivity contribution >= 4 is 79.4 Å². The summed E-state index contributed by atoms with van der Waals surface area (Å²) in [4.78, 5) is 12.1. The maximum atomic E-state index is 12.1. The van der Waals surface area contributed by atoms with Crippen molar-refractivity contribution < 1.29 is 4.79 Å². The molecule has 0 fully saturated rings. The Hall–Kier alpha value is -0.0200. The van der Waals surface area contributed by atoms with E-state index in [2.05, 4.69) is 83.4 Å². The van der Waals surface area contributed by atoms with Crippen LogP contribution in [0.2, 0.25) is 0 Å². The van der Waals surface area contributed by atoms with Gasteiger partial charge in [-0.25, -0.2) is 4.68 Å². The van der Waals surface area contributed by atoms with Crippen molar-refractivity contribution in [3.8, 4) is 0 Å². The number of aromatic nitrogens is 3. The summed E-state index contributed by atoms with van der Waals surface area (Å²) in [7, 11) is 0. The van der Waals surface area contributed by atoms with Gasteiger partial charge in [-0.1, -0.05) is 5.21 Å². The summed E-state index contributed by atoms with van der Waals surface area (Å²) in [5.74, 6) is -0.145. The zero-order valence-electron chi connectivity index (χ0n) is 11.0. The number of hydrogen-bond acceptors (Lipinski definition) is 4. The van der Waals surface area contributed by atoms with Crippen LogP contribution in [0, 0.1) is 10.7 Å². The van der Waals surface area contributed by atoms with Crippen LogP contribution in [0.4, 0.5) is 5.69 Å². The Balaban J connectivity index is 2.08. The molecule has 1 heterocycles. The third-order valence-electron chi connectivity index (χ3n) is 2.60. The van der Waals surface area contributed by atoms with Crippen LogP contribution < -0.4 is 11.1 Å². The van der Waals surface area contributed by atoms with Crippen molar-refractivity contribution in [2.24, 2.45) is 5.73 Å². The summed E-state index contributed by atoms with van der Waals surface area (Å²) in [6, 6.07) is 3.84. The first-order chi connectivity index (χ1) is 9.86. The predicted molar refractivity (Wildman–Crippen MR) is 106 cm³/mol. The number of nitrogens with zero attached hydrogens (tertiary/aromatic N) is 3. The lowest BCUT2D eigenvalue weighted by molar-refractivity contribution is -0.116. The lowest BCUT2D eigenvalue weighted by Crippen LogP contribution is -2.20. The average Bonchev–Trinajstić information content (AvgIpc) is 2.82. The molecule has 1 aromatic carbocycles. The molecule has 1 atom stereocenters. The summed E-state index contributed by atoms with van der Waals surface area (Å²) < 4.78 is 4.64. The zero-order chi connectivity index (χ0) is 15.6. The zero-order valence-corrected chi connectivity index (χ0v) is 17.5. The third-order valence-corrected chi connectivity index (χ3v) is 4.92. The molecule has 2 rings (SSSR count). The molecule has 0 saturated heterocycles. The van der Waals surface area contributed by atoms with Gasteiger partial charge >= 0.3 is 0 Å². The van der Waals surface area contributed by atoms with Crippen LogP contribution in [-0.4, -0.2) is 20.9 Å². The average molecular weight is 623 g/mol. The fourth-order valence-electron chi connectivity index (χ4n) is 1.59. The van der Waals surface area contributed by atoms with E-state index in [1.807, 2.05) is 19.1 Å². The molecule has 112 valence electrons. The maximum Gasteiger partial charge on any atom is 0.246 e. The van der Waals surface area contributed by atoms with E-state index in [-0.39, 0.29) is 18.5 Å². The lowest BCUT2D eigenvalue weighted by atomic mass is 10.3. The molecule has 21 heavy (non-hydrogen) atoms. The third kappa shape index (κ3) is 4.72. The highest BCUT2D eigenvalue weighted by molar-refractivity contribution is 14.1. The number of anilines is 1. The van der Waals surface area contributed by atoms with Gasteiger partial charge in [-0.3, -0.25) is 4.79 Å². The summed E-state index contributed by atoms with van der Waals surface area (Å²) in [5.41, 5.74) is 7.21. The molecular weight excluding hydrogens is 611 g/mol. The van der Waals surface area contributed by atoms with E-state index in [4.69, 9.17) is 5.73 Å². The quantitative estimate of drug-likeness (QED) is 0.514. The molecule has 1 unspecified atom stereocenters. The van der Waals surface area contributed by atoms with Crippen LogP contribution >= 0.6 is 67.8 Å². The topological polar surface area (TPSA) is 85.8 Å². The summed E-state index contributed by atoms with van der Waals surface area (Å²) in [6.07, 6.45) is 1.69. The summed E-state index contributed by atoms with van der Waals surface area (Å²) in [5, 5.41) is 10.7. The number of halogens is 3. The Morgan fingerprint density at radius 3 is 2.52 bits per heavy atom. The summed E-state index contributed by atoms with van der Waals surface area (Å²) >= 11 is 6.68. The monoisotopic (exact) mass is 623 g/mol. The Morgan fingerprint density at radius 1 is 1.38 bits per heavy atom. The van der Waals surface area contributed by atoms with E-state index in [1.165, 1.54) is 4.68 Å². The van der Waals surface area contributed by atoms with Crippen LogP contribution in [0.25, 0.3) is 0 Å².